The fourth-order valence-corrected chi connectivity index (χ4v) is 5.81. The monoisotopic (exact) mass is 322 g/mol. The number of hydrogen-bond donors (Lipinski definition) is 0. The third-order valence-electron chi connectivity index (χ3n) is 6.06. The van der Waals surface area contributed by atoms with Crippen molar-refractivity contribution in [2.24, 2.45) is 0 Å². The second kappa shape index (κ2) is 7.99. The topological polar surface area (TPSA) is 0 Å². The highest BCUT2D eigenvalue weighted by atomic mass is 32.1. The van der Waals surface area contributed by atoms with Gasteiger partial charge in [0.15, 0.2) is 0 Å². The molecule has 1 atom stereocenters. The molecule has 0 aliphatic heterocycles. The Labute approximate surface area is 143 Å². The summed E-state index contributed by atoms with van der Waals surface area (Å²) in [6.07, 6.45) is 8.72. The van der Waals surface area contributed by atoms with Crippen LogP contribution in [0.4, 0.5) is 0 Å². The van der Waals surface area contributed by atoms with E-state index in [1.807, 2.05) is 0 Å². The van der Waals surface area contributed by atoms with E-state index in [1.54, 1.807) is 20.9 Å². The largest absolute Gasteiger partial charge is 0.144 e. The lowest BCUT2D eigenvalue weighted by atomic mass is 9.76. The summed E-state index contributed by atoms with van der Waals surface area (Å²) in [5.74, 6) is 0. The molecule has 0 aliphatic carbocycles. The first-order valence-corrected chi connectivity index (χ1v) is 10.3. The van der Waals surface area contributed by atoms with Crippen LogP contribution in [0.25, 0.3) is 0 Å². The average molecular weight is 323 g/mol. The molecule has 0 nitrogen and oxygen atoms in total. The standard InChI is InChI=1S/C21H38S/c1-9-15-21(8,14-6)19-17(11-3)16(10-2)18(22-19)20(7,12-4)13-5/h9-15H2,1-8H3/t21-/m0/s1. The molecule has 0 saturated heterocycles. The van der Waals surface area contributed by atoms with Crippen LogP contribution in [0.3, 0.4) is 0 Å². The van der Waals surface area contributed by atoms with Gasteiger partial charge in [0.05, 0.1) is 0 Å². The first-order chi connectivity index (χ1) is 10.4. The molecule has 0 N–H and O–H groups in total. The molecule has 0 aromatic carbocycles. The zero-order valence-electron chi connectivity index (χ0n) is 16.4. The van der Waals surface area contributed by atoms with Gasteiger partial charge in [-0.2, -0.15) is 0 Å². The van der Waals surface area contributed by atoms with Crippen LogP contribution in [0.2, 0.25) is 0 Å². The van der Waals surface area contributed by atoms with Gasteiger partial charge in [-0.25, -0.2) is 0 Å². The molecule has 1 aromatic heterocycles. The van der Waals surface area contributed by atoms with Gasteiger partial charge in [-0.15, -0.1) is 11.3 Å². The molecule has 1 heterocycles. The van der Waals surface area contributed by atoms with Crippen LogP contribution >= 0.6 is 11.3 Å². The van der Waals surface area contributed by atoms with Crippen LogP contribution in [0, 0.1) is 0 Å². The van der Waals surface area contributed by atoms with Gasteiger partial charge in [0.25, 0.3) is 0 Å². The molecular formula is C21H38S. The Morgan fingerprint density at radius 2 is 1.09 bits per heavy atom. The van der Waals surface area contributed by atoms with E-state index in [0.29, 0.717) is 10.8 Å². The Kier molecular flexibility index (Phi) is 7.18. The lowest BCUT2D eigenvalue weighted by Gasteiger charge is -2.29. The lowest BCUT2D eigenvalue weighted by Crippen LogP contribution is -2.20. The van der Waals surface area contributed by atoms with E-state index in [4.69, 9.17) is 0 Å². The van der Waals surface area contributed by atoms with Gasteiger partial charge in [0.1, 0.15) is 0 Å². The zero-order chi connectivity index (χ0) is 17.0. The minimum atomic E-state index is 0.360. The summed E-state index contributed by atoms with van der Waals surface area (Å²) in [5.41, 5.74) is 4.10. The van der Waals surface area contributed by atoms with Crippen LogP contribution in [0.15, 0.2) is 0 Å². The minimum absolute atomic E-state index is 0.360. The van der Waals surface area contributed by atoms with Crippen molar-refractivity contribution in [3.05, 3.63) is 20.9 Å². The van der Waals surface area contributed by atoms with E-state index in [1.165, 1.54) is 44.9 Å². The Bertz CT molecular complexity index is 464. The molecule has 0 radical (unpaired) electrons. The molecule has 1 heteroatoms. The fraction of sp³-hybridized carbons (Fsp3) is 0.810. The first-order valence-electron chi connectivity index (χ1n) is 9.52. The average Bonchev–Trinajstić information content (AvgIpc) is 2.93. The zero-order valence-corrected chi connectivity index (χ0v) is 17.2. The van der Waals surface area contributed by atoms with Gasteiger partial charge in [-0.05, 0) is 49.7 Å². The van der Waals surface area contributed by atoms with Crippen LogP contribution in [-0.4, -0.2) is 0 Å². The second-order valence-electron chi connectivity index (χ2n) is 7.36. The van der Waals surface area contributed by atoms with Crippen molar-refractivity contribution in [3.8, 4) is 0 Å². The van der Waals surface area contributed by atoms with Crippen molar-refractivity contribution < 1.29 is 0 Å². The van der Waals surface area contributed by atoms with Crippen LogP contribution in [0.1, 0.15) is 108 Å². The van der Waals surface area contributed by atoms with Crippen molar-refractivity contribution >= 4 is 11.3 Å². The Morgan fingerprint density at radius 1 is 0.682 bits per heavy atom. The minimum Gasteiger partial charge on any atom is -0.144 e. The summed E-state index contributed by atoms with van der Waals surface area (Å²) in [6.45, 7) is 19.1. The molecule has 128 valence electrons. The molecule has 0 spiro atoms. The quantitative estimate of drug-likeness (QED) is 0.443. The van der Waals surface area contributed by atoms with E-state index in [9.17, 15) is 0 Å². The highest BCUT2D eigenvalue weighted by molar-refractivity contribution is 7.12. The van der Waals surface area contributed by atoms with Crippen LogP contribution in [-0.2, 0) is 23.7 Å². The summed E-state index contributed by atoms with van der Waals surface area (Å²) in [5, 5.41) is 0. The Morgan fingerprint density at radius 3 is 1.41 bits per heavy atom. The highest BCUT2D eigenvalue weighted by Gasteiger charge is 2.35. The Balaban J connectivity index is 3.58. The van der Waals surface area contributed by atoms with E-state index in [2.05, 4.69) is 66.7 Å². The fourth-order valence-electron chi connectivity index (χ4n) is 3.80. The maximum absolute atomic E-state index is 2.50. The second-order valence-corrected chi connectivity index (χ2v) is 8.38. The van der Waals surface area contributed by atoms with E-state index < -0.39 is 0 Å². The molecule has 0 bridgehead atoms. The third kappa shape index (κ3) is 3.45. The van der Waals surface area contributed by atoms with Gasteiger partial charge >= 0.3 is 0 Å². The molecule has 0 saturated carbocycles. The summed E-state index contributed by atoms with van der Waals surface area (Å²) < 4.78 is 0. The molecule has 0 fully saturated rings. The summed E-state index contributed by atoms with van der Waals surface area (Å²) >= 11 is 2.16. The molecule has 1 aromatic rings. The SMILES string of the molecule is CCC[C@](C)(CC)c1sc(C(C)(CC)CC)c(CC)c1CC. The van der Waals surface area contributed by atoms with Crippen molar-refractivity contribution in [1.29, 1.82) is 0 Å². The van der Waals surface area contributed by atoms with Gasteiger partial charge < -0.3 is 0 Å². The van der Waals surface area contributed by atoms with Crippen molar-refractivity contribution in [2.45, 2.75) is 111 Å². The van der Waals surface area contributed by atoms with Crippen LogP contribution < -0.4 is 0 Å². The van der Waals surface area contributed by atoms with E-state index in [0.717, 1.165) is 0 Å². The summed E-state index contributed by atoms with van der Waals surface area (Å²) in [6, 6.07) is 0. The number of hydrogen-bond acceptors (Lipinski definition) is 1. The van der Waals surface area contributed by atoms with Crippen molar-refractivity contribution in [3.63, 3.8) is 0 Å². The highest BCUT2D eigenvalue weighted by Crippen LogP contribution is 2.47. The predicted molar refractivity (Wildman–Crippen MR) is 104 cm³/mol. The van der Waals surface area contributed by atoms with Crippen molar-refractivity contribution in [1.82, 2.24) is 0 Å². The first kappa shape index (κ1) is 19.7. The van der Waals surface area contributed by atoms with Gasteiger partial charge in [-0.3, -0.25) is 0 Å². The number of thiophene rings is 1. The Hall–Kier alpha value is -0.300. The molecule has 0 unspecified atom stereocenters. The molecule has 0 aliphatic rings. The molecule has 1 rings (SSSR count). The van der Waals surface area contributed by atoms with Crippen molar-refractivity contribution in [2.75, 3.05) is 0 Å². The van der Waals surface area contributed by atoms with Gasteiger partial charge in [0.2, 0.25) is 0 Å². The van der Waals surface area contributed by atoms with E-state index in [-0.39, 0.29) is 0 Å². The molecule has 0 amide bonds. The summed E-state index contributed by atoms with van der Waals surface area (Å²) in [7, 11) is 0. The lowest BCUT2D eigenvalue weighted by molar-refractivity contribution is 0.419. The normalized spacial score (nSPS) is 15.1. The maximum Gasteiger partial charge on any atom is 0.0142 e. The smallest absolute Gasteiger partial charge is 0.0142 e. The van der Waals surface area contributed by atoms with Crippen LogP contribution in [0.5, 0.6) is 0 Å². The predicted octanol–water partition coefficient (Wildman–Crippen LogP) is 7.42. The van der Waals surface area contributed by atoms with Gasteiger partial charge in [-0.1, -0.05) is 61.8 Å². The molecular weight excluding hydrogens is 284 g/mol. The number of rotatable bonds is 9. The maximum atomic E-state index is 2.50. The van der Waals surface area contributed by atoms with E-state index >= 15 is 0 Å². The summed E-state index contributed by atoms with van der Waals surface area (Å²) in [4.78, 5) is 3.40. The van der Waals surface area contributed by atoms with Gasteiger partial charge in [0, 0.05) is 20.6 Å². The molecule has 22 heavy (non-hydrogen) atoms. The third-order valence-corrected chi connectivity index (χ3v) is 7.95.